The second-order valence-electron chi connectivity index (χ2n) is 1.17. The molecule has 0 aliphatic carbocycles. The van der Waals surface area contributed by atoms with E-state index in [0.29, 0.717) is 0 Å². The highest BCUT2D eigenvalue weighted by Crippen LogP contribution is 1.67. The number of hydrogen-bond acceptors (Lipinski definition) is 3. The van der Waals surface area contributed by atoms with Crippen molar-refractivity contribution in [2.24, 2.45) is 0 Å². The molecular formula is C5H9ClO3. The molecule has 0 aliphatic rings. The fourth-order valence-corrected chi connectivity index (χ4v) is 0. The smallest absolute Gasteiger partial charge is 0.302 e. The maximum absolute atomic E-state index is 9.59. The molecule has 0 fully saturated rings. The van der Waals surface area contributed by atoms with Crippen LogP contribution in [0.25, 0.3) is 0 Å². The highest BCUT2D eigenvalue weighted by molar-refractivity contribution is 6.62. The van der Waals surface area contributed by atoms with E-state index in [4.69, 9.17) is 0 Å². The molecule has 0 heterocycles. The van der Waals surface area contributed by atoms with Crippen LogP contribution in [0.4, 0.5) is 0 Å². The van der Waals surface area contributed by atoms with Gasteiger partial charge in [-0.2, -0.15) is 0 Å². The lowest BCUT2D eigenvalue weighted by molar-refractivity contribution is -0.137. The van der Waals surface area contributed by atoms with E-state index in [1.54, 1.807) is 0 Å². The largest absolute Gasteiger partial charge is 0.469 e. The van der Waals surface area contributed by atoms with Gasteiger partial charge >= 0.3 is 5.97 Å². The van der Waals surface area contributed by atoms with E-state index in [9.17, 15) is 9.59 Å². The Bertz CT molecular complexity index is 96.4. The van der Waals surface area contributed by atoms with Gasteiger partial charge in [0.15, 0.2) is 0 Å². The topological polar surface area (TPSA) is 43.4 Å². The van der Waals surface area contributed by atoms with Gasteiger partial charge in [0.25, 0.3) is 0 Å². The lowest BCUT2D eigenvalue weighted by atomic mass is 10.8. The van der Waals surface area contributed by atoms with Gasteiger partial charge in [-0.25, -0.2) is 0 Å². The van der Waals surface area contributed by atoms with Crippen molar-refractivity contribution in [1.82, 2.24) is 0 Å². The molecule has 0 radical (unpaired) electrons. The number of halogens is 1. The van der Waals surface area contributed by atoms with Crippen LogP contribution in [0.3, 0.4) is 0 Å². The summed E-state index contributed by atoms with van der Waals surface area (Å²) >= 11 is 4.64. The zero-order valence-corrected chi connectivity index (χ0v) is 6.36. The number of rotatable bonds is 0. The third kappa shape index (κ3) is 107. The lowest BCUT2D eigenvalue weighted by Gasteiger charge is -1.80. The van der Waals surface area contributed by atoms with Crippen molar-refractivity contribution in [2.45, 2.75) is 13.8 Å². The zero-order chi connectivity index (χ0) is 7.86. The fourth-order valence-electron chi connectivity index (χ4n) is 0. The van der Waals surface area contributed by atoms with Crippen LogP contribution in [0.1, 0.15) is 13.8 Å². The molecule has 0 amide bonds. The summed E-state index contributed by atoms with van der Waals surface area (Å²) in [6.07, 6.45) is 0. The fraction of sp³-hybridized carbons (Fsp3) is 0.600. The third-order valence-corrected chi connectivity index (χ3v) is 0.287. The molecule has 0 saturated heterocycles. The number of methoxy groups -OCH3 is 1. The predicted octanol–water partition coefficient (Wildman–Crippen LogP) is 0.951. The standard InChI is InChI=1S/C3H6O2.C2H3ClO/c1-3(4)5-2;1-2(3)4/h1-2H3;1H3. The summed E-state index contributed by atoms with van der Waals surface area (Å²) in [7, 11) is 1.35. The van der Waals surface area contributed by atoms with Crippen molar-refractivity contribution in [1.29, 1.82) is 0 Å². The summed E-state index contributed by atoms with van der Waals surface area (Å²) in [5, 5.41) is -0.361. The van der Waals surface area contributed by atoms with Gasteiger partial charge in [-0.1, -0.05) is 0 Å². The van der Waals surface area contributed by atoms with Gasteiger partial charge in [0.1, 0.15) is 0 Å². The van der Waals surface area contributed by atoms with Crippen molar-refractivity contribution in [3.63, 3.8) is 0 Å². The maximum atomic E-state index is 9.59. The molecule has 0 aromatic heterocycles. The van der Waals surface area contributed by atoms with Crippen LogP contribution < -0.4 is 0 Å². The van der Waals surface area contributed by atoms with Crippen LogP contribution in [0.15, 0.2) is 0 Å². The van der Waals surface area contributed by atoms with Gasteiger partial charge in [0, 0.05) is 13.8 Å². The van der Waals surface area contributed by atoms with Gasteiger partial charge in [0.2, 0.25) is 5.24 Å². The van der Waals surface area contributed by atoms with Crippen molar-refractivity contribution >= 4 is 22.8 Å². The van der Waals surface area contributed by atoms with E-state index in [-0.39, 0.29) is 11.2 Å². The van der Waals surface area contributed by atoms with Crippen molar-refractivity contribution in [3.8, 4) is 0 Å². The molecule has 4 heteroatoms. The molecule has 0 spiro atoms. The van der Waals surface area contributed by atoms with E-state index in [0.717, 1.165) is 0 Å². The molecular weight excluding hydrogens is 144 g/mol. The summed E-state index contributed by atoms with van der Waals surface area (Å²) in [5.74, 6) is -0.245. The van der Waals surface area contributed by atoms with Crippen molar-refractivity contribution in [2.75, 3.05) is 7.11 Å². The Morgan fingerprint density at radius 2 is 1.44 bits per heavy atom. The average molecular weight is 153 g/mol. The Balaban J connectivity index is 0. The van der Waals surface area contributed by atoms with Crippen LogP contribution >= 0.6 is 11.6 Å². The van der Waals surface area contributed by atoms with Crippen LogP contribution in [-0.4, -0.2) is 18.3 Å². The van der Waals surface area contributed by atoms with Gasteiger partial charge in [0.05, 0.1) is 7.11 Å². The first-order valence-electron chi connectivity index (χ1n) is 2.21. The number of esters is 1. The van der Waals surface area contributed by atoms with Gasteiger partial charge < -0.3 is 4.74 Å². The molecule has 0 rings (SSSR count). The highest BCUT2D eigenvalue weighted by Gasteiger charge is 1.75. The summed E-state index contributed by atoms with van der Waals surface area (Å²) in [6, 6.07) is 0. The number of carbonyl (C=O) groups excluding carboxylic acids is 2. The summed E-state index contributed by atoms with van der Waals surface area (Å²) in [4.78, 5) is 18.8. The molecule has 0 bridgehead atoms. The van der Waals surface area contributed by atoms with Crippen LogP contribution in [-0.2, 0) is 14.3 Å². The SMILES string of the molecule is CC(=O)Cl.COC(C)=O. The summed E-state index contributed by atoms with van der Waals surface area (Å²) < 4.78 is 4.11. The Morgan fingerprint density at radius 3 is 1.44 bits per heavy atom. The van der Waals surface area contributed by atoms with E-state index >= 15 is 0 Å². The molecule has 0 atom stereocenters. The molecule has 0 unspecified atom stereocenters. The Labute approximate surface area is 58.9 Å². The maximum Gasteiger partial charge on any atom is 0.302 e. The highest BCUT2D eigenvalue weighted by atomic mass is 35.5. The van der Waals surface area contributed by atoms with E-state index in [1.807, 2.05) is 0 Å². The van der Waals surface area contributed by atoms with Crippen LogP contribution in [0.5, 0.6) is 0 Å². The van der Waals surface area contributed by atoms with Crippen LogP contribution in [0.2, 0.25) is 0 Å². The van der Waals surface area contributed by atoms with Gasteiger partial charge in [-0.3, -0.25) is 9.59 Å². The molecule has 0 saturated carbocycles. The van der Waals surface area contributed by atoms with Crippen molar-refractivity contribution < 1.29 is 14.3 Å². The Kier molecular flexibility index (Phi) is 9.29. The number of hydrogen-bond donors (Lipinski definition) is 0. The molecule has 9 heavy (non-hydrogen) atoms. The zero-order valence-electron chi connectivity index (χ0n) is 5.60. The van der Waals surface area contributed by atoms with E-state index in [2.05, 4.69) is 16.3 Å². The second-order valence-corrected chi connectivity index (χ2v) is 1.70. The number of carbonyl (C=O) groups is 2. The Morgan fingerprint density at radius 1 is 1.33 bits per heavy atom. The first-order chi connectivity index (χ1) is 4.00. The minimum atomic E-state index is -0.361. The van der Waals surface area contributed by atoms with E-state index in [1.165, 1.54) is 21.0 Å². The molecule has 0 aromatic carbocycles. The second kappa shape index (κ2) is 7.43. The molecule has 0 aromatic rings. The van der Waals surface area contributed by atoms with Crippen LogP contribution in [0, 0.1) is 0 Å². The van der Waals surface area contributed by atoms with Crippen molar-refractivity contribution in [3.05, 3.63) is 0 Å². The monoisotopic (exact) mass is 152 g/mol. The molecule has 3 nitrogen and oxygen atoms in total. The third-order valence-electron chi connectivity index (χ3n) is 0.287. The molecule has 54 valence electrons. The van der Waals surface area contributed by atoms with Gasteiger partial charge in [-0.05, 0) is 11.6 Å². The minimum absolute atomic E-state index is 0.245. The Hall–Kier alpha value is -0.570. The first kappa shape index (κ1) is 11.3. The lowest BCUT2D eigenvalue weighted by Crippen LogP contribution is -1.88. The minimum Gasteiger partial charge on any atom is -0.469 e. The molecule has 0 N–H and O–H groups in total. The summed E-state index contributed by atoms with van der Waals surface area (Å²) in [6.45, 7) is 2.65. The average Bonchev–Trinajstić information content (AvgIpc) is 1.65. The normalized spacial score (nSPS) is 6.67. The summed E-state index contributed by atoms with van der Waals surface area (Å²) in [5.41, 5.74) is 0. The predicted molar refractivity (Wildman–Crippen MR) is 34.2 cm³/mol. The molecule has 0 aliphatic heterocycles. The van der Waals surface area contributed by atoms with Gasteiger partial charge in [-0.15, -0.1) is 0 Å². The quantitative estimate of drug-likeness (QED) is 0.384. The first-order valence-corrected chi connectivity index (χ1v) is 2.59. The number of ether oxygens (including phenoxy) is 1. The van der Waals surface area contributed by atoms with E-state index < -0.39 is 0 Å².